The molecule has 0 aliphatic heterocycles. The van der Waals surface area contributed by atoms with E-state index in [-0.39, 0.29) is 11.4 Å². The van der Waals surface area contributed by atoms with Gasteiger partial charge in [-0.2, -0.15) is 0 Å². The third-order valence-corrected chi connectivity index (χ3v) is 3.24. The lowest BCUT2D eigenvalue weighted by molar-refractivity contribution is 0.627. The van der Waals surface area contributed by atoms with Crippen LogP contribution in [0.2, 0.25) is 0 Å². The van der Waals surface area contributed by atoms with Crippen molar-refractivity contribution < 1.29 is 4.39 Å². The van der Waals surface area contributed by atoms with Gasteiger partial charge in [0, 0.05) is 26.0 Å². The predicted octanol–water partition coefficient (Wildman–Crippen LogP) is 2.08. The van der Waals surface area contributed by atoms with Gasteiger partial charge in [0.15, 0.2) is 0 Å². The monoisotopic (exact) mass is 284 g/mol. The van der Waals surface area contributed by atoms with E-state index in [0.29, 0.717) is 23.4 Å². The molecule has 1 N–H and O–H groups in total. The Morgan fingerprint density at radius 1 is 1.24 bits per heavy atom. The molecule has 106 valence electrons. The van der Waals surface area contributed by atoms with Crippen molar-refractivity contribution in [3.8, 4) is 0 Å². The third-order valence-electron chi connectivity index (χ3n) is 3.24. The summed E-state index contributed by atoms with van der Waals surface area (Å²) in [4.78, 5) is 20.5. The molecule has 2 heterocycles. The second-order valence-electron chi connectivity index (χ2n) is 4.67. The van der Waals surface area contributed by atoms with Gasteiger partial charge < -0.3 is 5.32 Å². The van der Waals surface area contributed by atoms with Gasteiger partial charge in [0.1, 0.15) is 5.82 Å². The number of halogens is 1. The van der Waals surface area contributed by atoms with Gasteiger partial charge in [0.05, 0.1) is 10.9 Å². The van der Waals surface area contributed by atoms with Crippen LogP contribution in [0.3, 0.4) is 0 Å². The fourth-order valence-corrected chi connectivity index (χ4v) is 2.06. The molecule has 0 unspecified atom stereocenters. The number of hydrogen-bond acceptors (Lipinski definition) is 4. The average molecular weight is 284 g/mol. The lowest BCUT2D eigenvalue weighted by Gasteiger charge is -2.11. The molecule has 3 rings (SSSR count). The maximum absolute atomic E-state index is 12.9. The van der Waals surface area contributed by atoms with Crippen molar-refractivity contribution in [3.05, 3.63) is 64.5 Å². The molecule has 0 aliphatic rings. The molecule has 0 amide bonds. The van der Waals surface area contributed by atoms with Gasteiger partial charge in [-0.25, -0.2) is 9.37 Å². The van der Waals surface area contributed by atoms with Crippen molar-refractivity contribution in [2.24, 2.45) is 7.05 Å². The lowest BCUT2D eigenvalue weighted by atomic mass is 10.2. The van der Waals surface area contributed by atoms with Crippen molar-refractivity contribution in [2.45, 2.75) is 6.54 Å². The molecule has 21 heavy (non-hydrogen) atoms. The predicted molar refractivity (Wildman–Crippen MR) is 78.5 cm³/mol. The Morgan fingerprint density at radius 3 is 2.76 bits per heavy atom. The fraction of sp³-hybridized carbons (Fsp3) is 0.133. The SMILES string of the molecule is Cn1c(NCc2ccc(F)cc2)nc2ccncc2c1=O. The minimum Gasteiger partial charge on any atom is -0.351 e. The summed E-state index contributed by atoms with van der Waals surface area (Å²) in [6.45, 7) is 0.456. The topological polar surface area (TPSA) is 59.8 Å². The maximum atomic E-state index is 12.9. The van der Waals surface area contributed by atoms with E-state index in [2.05, 4.69) is 15.3 Å². The first-order valence-electron chi connectivity index (χ1n) is 6.44. The van der Waals surface area contributed by atoms with E-state index in [1.807, 2.05) is 0 Å². The van der Waals surface area contributed by atoms with Gasteiger partial charge in [0.2, 0.25) is 5.95 Å². The Bertz CT molecular complexity index is 842. The van der Waals surface area contributed by atoms with Crippen LogP contribution >= 0.6 is 0 Å². The van der Waals surface area contributed by atoms with Crippen molar-refractivity contribution >= 4 is 16.9 Å². The highest BCUT2D eigenvalue weighted by Gasteiger charge is 2.07. The van der Waals surface area contributed by atoms with Crippen LogP contribution in [-0.4, -0.2) is 14.5 Å². The Labute approximate surface area is 120 Å². The second kappa shape index (κ2) is 5.32. The standard InChI is InChI=1S/C15H13FN4O/c1-20-14(21)12-9-17-7-6-13(12)19-15(20)18-8-10-2-4-11(16)5-3-10/h2-7,9H,8H2,1H3,(H,18,19). The number of nitrogens with zero attached hydrogens (tertiary/aromatic N) is 3. The number of rotatable bonds is 3. The van der Waals surface area contributed by atoms with E-state index in [1.54, 1.807) is 31.4 Å². The van der Waals surface area contributed by atoms with Crippen LogP contribution in [0.25, 0.3) is 10.9 Å². The lowest BCUT2D eigenvalue weighted by Crippen LogP contribution is -2.22. The molecular formula is C15H13FN4O. The Hall–Kier alpha value is -2.76. The summed E-state index contributed by atoms with van der Waals surface area (Å²) in [5, 5.41) is 3.57. The highest BCUT2D eigenvalue weighted by Crippen LogP contribution is 2.10. The van der Waals surface area contributed by atoms with Crippen LogP contribution in [-0.2, 0) is 13.6 Å². The molecule has 0 saturated carbocycles. The van der Waals surface area contributed by atoms with E-state index in [9.17, 15) is 9.18 Å². The molecule has 0 spiro atoms. The van der Waals surface area contributed by atoms with E-state index >= 15 is 0 Å². The highest BCUT2D eigenvalue weighted by molar-refractivity contribution is 5.77. The van der Waals surface area contributed by atoms with Gasteiger partial charge in [-0.05, 0) is 23.8 Å². The molecule has 1 aromatic carbocycles. The number of benzene rings is 1. The van der Waals surface area contributed by atoms with E-state index in [0.717, 1.165) is 5.56 Å². The van der Waals surface area contributed by atoms with Crippen LogP contribution in [0.1, 0.15) is 5.56 Å². The number of hydrogen-bond donors (Lipinski definition) is 1. The summed E-state index contributed by atoms with van der Waals surface area (Å²) < 4.78 is 14.3. The first-order chi connectivity index (χ1) is 10.1. The molecule has 2 aromatic heterocycles. The molecule has 5 nitrogen and oxygen atoms in total. The van der Waals surface area contributed by atoms with Crippen molar-refractivity contribution in [1.82, 2.24) is 14.5 Å². The fourth-order valence-electron chi connectivity index (χ4n) is 2.06. The number of aromatic nitrogens is 3. The molecule has 6 heteroatoms. The number of anilines is 1. The van der Waals surface area contributed by atoms with Crippen molar-refractivity contribution in [1.29, 1.82) is 0 Å². The Kier molecular flexibility index (Phi) is 3.35. The van der Waals surface area contributed by atoms with Crippen molar-refractivity contribution in [2.75, 3.05) is 5.32 Å². The number of pyridine rings is 1. The first kappa shape index (κ1) is 13.2. The van der Waals surface area contributed by atoms with Gasteiger partial charge in [0.25, 0.3) is 5.56 Å². The number of nitrogens with one attached hydrogen (secondary N) is 1. The Balaban J connectivity index is 1.92. The van der Waals surface area contributed by atoms with Crippen LogP contribution in [0.4, 0.5) is 10.3 Å². The summed E-state index contributed by atoms with van der Waals surface area (Å²) in [6, 6.07) is 7.86. The molecule has 0 fully saturated rings. The molecule has 0 radical (unpaired) electrons. The zero-order chi connectivity index (χ0) is 14.8. The van der Waals surface area contributed by atoms with Gasteiger partial charge in [-0.1, -0.05) is 12.1 Å². The first-order valence-corrected chi connectivity index (χ1v) is 6.44. The smallest absolute Gasteiger partial charge is 0.264 e. The second-order valence-corrected chi connectivity index (χ2v) is 4.67. The highest BCUT2D eigenvalue weighted by atomic mass is 19.1. The Morgan fingerprint density at radius 2 is 2.00 bits per heavy atom. The summed E-state index contributed by atoms with van der Waals surface area (Å²) in [7, 11) is 1.65. The largest absolute Gasteiger partial charge is 0.351 e. The van der Waals surface area contributed by atoms with Crippen molar-refractivity contribution in [3.63, 3.8) is 0 Å². The van der Waals surface area contributed by atoms with E-state index in [1.165, 1.54) is 22.9 Å². The van der Waals surface area contributed by atoms with Crippen LogP contribution in [0.5, 0.6) is 0 Å². The molecule has 3 aromatic rings. The summed E-state index contributed by atoms with van der Waals surface area (Å²) in [5.41, 5.74) is 1.34. The number of fused-ring (bicyclic) bond motifs is 1. The van der Waals surface area contributed by atoms with Crippen LogP contribution in [0, 0.1) is 5.82 Å². The average Bonchev–Trinajstić information content (AvgIpc) is 2.51. The normalized spacial score (nSPS) is 10.8. The van der Waals surface area contributed by atoms with Gasteiger partial charge >= 0.3 is 0 Å². The zero-order valence-corrected chi connectivity index (χ0v) is 11.4. The van der Waals surface area contributed by atoms with Crippen LogP contribution in [0.15, 0.2) is 47.5 Å². The molecular weight excluding hydrogens is 271 g/mol. The van der Waals surface area contributed by atoms with E-state index < -0.39 is 0 Å². The molecule has 0 aliphatic carbocycles. The van der Waals surface area contributed by atoms with Crippen LogP contribution < -0.4 is 10.9 Å². The molecule has 0 saturated heterocycles. The molecule has 0 bridgehead atoms. The minimum absolute atomic E-state index is 0.158. The van der Waals surface area contributed by atoms with Gasteiger partial charge in [-0.3, -0.25) is 14.3 Å². The molecule has 0 atom stereocenters. The summed E-state index contributed by atoms with van der Waals surface area (Å²) in [5.74, 6) is 0.186. The summed E-state index contributed by atoms with van der Waals surface area (Å²) >= 11 is 0. The van der Waals surface area contributed by atoms with Gasteiger partial charge in [-0.15, -0.1) is 0 Å². The minimum atomic E-state index is -0.275. The zero-order valence-electron chi connectivity index (χ0n) is 11.4. The third kappa shape index (κ3) is 2.60. The maximum Gasteiger partial charge on any atom is 0.264 e. The van der Waals surface area contributed by atoms with E-state index in [4.69, 9.17) is 0 Å². The quantitative estimate of drug-likeness (QED) is 0.800. The summed E-state index contributed by atoms with van der Waals surface area (Å²) in [6.07, 6.45) is 3.10.